The van der Waals surface area contributed by atoms with E-state index in [2.05, 4.69) is 38.4 Å². The summed E-state index contributed by atoms with van der Waals surface area (Å²) in [5, 5.41) is 17.9. The first-order chi connectivity index (χ1) is 17.0. The highest BCUT2D eigenvalue weighted by Gasteiger charge is 2.55. The molecule has 2 aromatic heterocycles. The minimum absolute atomic E-state index is 0.00792. The van der Waals surface area contributed by atoms with E-state index in [9.17, 15) is 4.79 Å². The molecule has 3 atom stereocenters. The average Bonchev–Trinajstić information content (AvgIpc) is 3.59. The van der Waals surface area contributed by atoms with Crippen molar-refractivity contribution < 1.29 is 4.79 Å². The number of carbonyl (C=O) groups is 1. The summed E-state index contributed by atoms with van der Waals surface area (Å²) in [5.41, 5.74) is 4.12. The van der Waals surface area contributed by atoms with Gasteiger partial charge in [0.05, 0.1) is 12.6 Å². The Morgan fingerprint density at radius 3 is 2.86 bits per heavy atom. The molecule has 3 heterocycles. The molecule has 5 aliphatic rings. The maximum absolute atomic E-state index is 13.4. The van der Waals surface area contributed by atoms with Gasteiger partial charge in [-0.15, -0.1) is 21.5 Å². The van der Waals surface area contributed by atoms with Gasteiger partial charge in [0, 0.05) is 27.4 Å². The standard InChI is InChI=1S/C27H30ClN5OS/c1-3-27-10-16(11-27)20(12-27)30-25(34)15-8-18-21(9-15)35-26-23(18)24(17-6-4-5-7-19(17)28)29-13-22-32-31-14(2)33(22)26/h4-7,15-16,20,24,29H,3,8-13H2,1-2H3,(H,30,34)/t15-,16?,20?,24-,27?/m0/s1. The third kappa shape index (κ3) is 3.27. The monoisotopic (exact) mass is 507 g/mol. The third-order valence-corrected chi connectivity index (χ3v) is 10.7. The van der Waals surface area contributed by atoms with E-state index in [0.717, 1.165) is 41.5 Å². The fourth-order valence-electron chi connectivity index (χ4n) is 7.19. The molecule has 0 saturated heterocycles. The van der Waals surface area contributed by atoms with E-state index in [0.29, 0.717) is 23.9 Å². The Balaban J connectivity index is 1.22. The van der Waals surface area contributed by atoms with Gasteiger partial charge in [-0.3, -0.25) is 14.7 Å². The Labute approximate surface area is 214 Å². The topological polar surface area (TPSA) is 71.8 Å². The van der Waals surface area contributed by atoms with Crippen molar-refractivity contribution in [1.82, 2.24) is 25.4 Å². The lowest BCUT2D eigenvalue weighted by molar-refractivity contribution is -0.125. The number of hydrogen-bond donors (Lipinski definition) is 2. The first kappa shape index (κ1) is 22.0. The van der Waals surface area contributed by atoms with Crippen LogP contribution in [0.2, 0.25) is 5.02 Å². The van der Waals surface area contributed by atoms with Crippen molar-refractivity contribution in [3.8, 4) is 5.00 Å². The van der Waals surface area contributed by atoms with Gasteiger partial charge >= 0.3 is 0 Å². The summed E-state index contributed by atoms with van der Waals surface area (Å²) < 4.78 is 2.19. The van der Waals surface area contributed by atoms with Crippen LogP contribution in [-0.2, 0) is 24.2 Å². The summed E-state index contributed by atoms with van der Waals surface area (Å²) in [5.74, 6) is 2.74. The SMILES string of the molecule is CCC12CC(C1)C(NC(=O)[C@@H]1Cc3sc4c(c3C1)[C@H](c1ccccc1Cl)NCc1nnc(C)n1-4)C2. The zero-order valence-electron chi connectivity index (χ0n) is 20.1. The number of thiophene rings is 1. The molecule has 4 aliphatic carbocycles. The average molecular weight is 508 g/mol. The molecule has 1 unspecified atom stereocenters. The van der Waals surface area contributed by atoms with Crippen LogP contribution in [-0.4, -0.2) is 26.7 Å². The van der Waals surface area contributed by atoms with Crippen LogP contribution in [0.1, 0.15) is 71.9 Å². The van der Waals surface area contributed by atoms with Gasteiger partial charge in [0.2, 0.25) is 5.91 Å². The molecular weight excluding hydrogens is 478 g/mol. The van der Waals surface area contributed by atoms with Crippen molar-refractivity contribution >= 4 is 28.8 Å². The molecule has 3 fully saturated rings. The molecule has 1 aromatic carbocycles. The van der Waals surface area contributed by atoms with Crippen LogP contribution in [0.5, 0.6) is 0 Å². The molecule has 8 heteroatoms. The second-order valence-corrected chi connectivity index (χ2v) is 12.5. The van der Waals surface area contributed by atoms with E-state index in [1.807, 2.05) is 25.1 Å². The third-order valence-electron chi connectivity index (χ3n) is 9.12. The molecule has 0 radical (unpaired) electrons. The summed E-state index contributed by atoms with van der Waals surface area (Å²) in [6, 6.07) is 8.38. The molecule has 3 aromatic rings. The van der Waals surface area contributed by atoms with Crippen LogP contribution in [0, 0.1) is 24.2 Å². The zero-order valence-corrected chi connectivity index (χ0v) is 21.7. The maximum Gasteiger partial charge on any atom is 0.224 e. The highest BCUT2D eigenvalue weighted by atomic mass is 35.5. The Morgan fingerprint density at radius 1 is 1.26 bits per heavy atom. The van der Waals surface area contributed by atoms with Crippen molar-refractivity contribution in [3.63, 3.8) is 0 Å². The van der Waals surface area contributed by atoms with E-state index < -0.39 is 0 Å². The Hall–Kier alpha value is -2.22. The minimum atomic E-state index is -0.0481. The lowest BCUT2D eigenvalue weighted by Crippen LogP contribution is -2.40. The first-order valence-corrected chi connectivity index (χ1v) is 14.0. The second kappa shape index (κ2) is 7.89. The number of hydrogen-bond acceptors (Lipinski definition) is 5. The van der Waals surface area contributed by atoms with E-state index >= 15 is 0 Å². The van der Waals surface area contributed by atoms with Crippen LogP contribution in [0.15, 0.2) is 24.3 Å². The molecule has 35 heavy (non-hydrogen) atoms. The summed E-state index contributed by atoms with van der Waals surface area (Å²) in [4.78, 5) is 14.7. The highest BCUT2D eigenvalue weighted by molar-refractivity contribution is 7.15. The van der Waals surface area contributed by atoms with Crippen molar-refractivity contribution in [3.05, 3.63) is 62.5 Å². The minimum Gasteiger partial charge on any atom is -0.353 e. The van der Waals surface area contributed by atoms with Crippen LogP contribution in [0.25, 0.3) is 5.00 Å². The first-order valence-electron chi connectivity index (χ1n) is 12.8. The van der Waals surface area contributed by atoms with Gasteiger partial charge < -0.3 is 5.32 Å². The lowest BCUT2D eigenvalue weighted by Gasteiger charge is -2.37. The molecular formula is C27H30ClN5OS. The van der Waals surface area contributed by atoms with Gasteiger partial charge in [-0.2, -0.15) is 0 Å². The van der Waals surface area contributed by atoms with E-state index in [-0.39, 0.29) is 17.9 Å². The zero-order chi connectivity index (χ0) is 23.9. The van der Waals surface area contributed by atoms with Crippen LogP contribution in [0.4, 0.5) is 0 Å². The number of fused-ring (bicyclic) bond motifs is 6. The number of carbonyl (C=O) groups excluding carboxylic acids is 1. The van der Waals surface area contributed by atoms with E-state index in [4.69, 9.17) is 11.6 Å². The Kier molecular flexibility index (Phi) is 4.96. The quantitative estimate of drug-likeness (QED) is 0.527. The summed E-state index contributed by atoms with van der Waals surface area (Å²) in [7, 11) is 0. The largest absolute Gasteiger partial charge is 0.353 e. The van der Waals surface area contributed by atoms with Crippen molar-refractivity contribution in [2.45, 2.75) is 71.0 Å². The van der Waals surface area contributed by atoms with Gasteiger partial charge in [-0.25, -0.2) is 0 Å². The van der Waals surface area contributed by atoms with E-state index in [1.165, 1.54) is 40.3 Å². The van der Waals surface area contributed by atoms with Gasteiger partial charge in [-0.1, -0.05) is 43.1 Å². The number of nitrogens with zero attached hydrogens (tertiary/aromatic N) is 3. The highest BCUT2D eigenvalue weighted by Crippen LogP contribution is 2.60. The molecule has 2 bridgehead atoms. The Morgan fingerprint density at radius 2 is 2.09 bits per heavy atom. The number of aryl methyl sites for hydroxylation is 1. The summed E-state index contributed by atoms with van der Waals surface area (Å²) in [6.07, 6.45) is 6.59. The second-order valence-electron chi connectivity index (χ2n) is 11.0. The molecule has 1 aliphatic heterocycles. The lowest BCUT2D eigenvalue weighted by atomic mass is 9.68. The number of aromatic nitrogens is 3. The number of amides is 1. The predicted molar refractivity (Wildman–Crippen MR) is 137 cm³/mol. The fraction of sp³-hybridized carbons (Fsp3) is 0.519. The number of benzene rings is 1. The Bertz CT molecular complexity index is 1340. The molecule has 6 nitrogen and oxygen atoms in total. The number of rotatable bonds is 4. The molecule has 182 valence electrons. The van der Waals surface area contributed by atoms with Gasteiger partial charge in [0.1, 0.15) is 10.8 Å². The fourth-order valence-corrected chi connectivity index (χ4v) is 8.95. The summed E-state index contributed by atoms with van der Waals surface area (Å²) in [6.45, 7) is 4.92. The van der Waals surface area contributed by atoms with Crippen molar-refractivity contribution in [1.29, 1.82) is 0 Å². The van der Waals surface area contributed by atoms with Crippen LogP contribution < -0.4 is 10.6 Å². The van der Waals surface area contributed by atoms with Crippen molar-refractivity contribution in [2.75, 3.05) is 0 Å². The van der Waals surface area contributed by atoms with Crippen LogP contribution in [0.3, 0.4) is 0 Å². The number of nitrogens with one attached hydrogen (secondary N) is 2. The van der Waals surface area contributed by atoms with Crippen molar-refractivity contribution in [2.24, 2.45) is 17.3 Å². The van der Waals surface area contributed by atoms with Crippen LogP contribution >= 0.6 is 22.9 Å². The van der Waals surface area contributed by atoms with Gasteiger partial charge in [-0.05, 0) is 67.6 Å². The van der Waals surface area contributed by atoms with Gasteiger partial charge in [0.25, 0.3) is 0 Å². The maximum atomic E-state index is 13.4. The molecule has 2 N–H and O–H groups in total. The normalized spacial score (nSPS) is 30.3. The predicted octanol–water partition coefficient (Wildman–Crippen LogP) is 4.89. The molecule has 3 saturated carbocycles. The molecule has 0 spiro atoms. The van der Waals surface area contributed by atoms with E-state index in [1.54, 1.807) is 11.3 Å². The number of halogens is 1. The van der Waals surface area contributed by atoms with Gasteiger partial charge in [0.15, 0.2) is 5.82 Å². The molecule has 8 rings (SSSR count). The smallest absolute Gasteiger partial charge is 0.224 e. The molecule has 1 amide bonds. The summed E-state index contributed by atoms with van der Waals surface area (Å²) >= 11 is 8.49.